The monoisotopic (exact) mass is 226 g/mol. The van der Waals surface area contributed by atoms with Gasteiger partial charge in [0, 0.05) is 13.6 Å². The minimum Gasteiger partial charge on any atom is -0.344 e. The van der Waals surface area contributed by atoms with Crippen LogP contribution >= 0.6 is 0 Å². The predicted molar refractivity (Wildman–Crippen MR) is 67.4 cm³/mol. The standard InChI is InChI=1S/C13H26N2O/c1-4-6-11-15(3)12(16)13(8-5-2)9-7-10-14-13/h14H,4-11H2,1-3H3. The van der Waals surface area contributed by atoms with Crippen LogP contribution in [-0.4, -0.2) is 36.5 Å². The number of carbonyl (C=O) groups excluding carboxylic acids is 1. The van der Waals surface area contributed by atoms with Crippen LogP contribution in [0.2, 0.25) is 0 Å². The van der Waals surface area contributed by atoms with Crippen molar-refractivity contribution in [2.24, 2.45) is 0 Å². The van der Waals surface area contributed by atoms with Crippen LogP contribution in [0.15, 0.2) is 0 Å². The minimum atomic E-state index is -0.239. The van der Waals surface area contributed by atoms with E-state index < -0.39 is 0 Å². The first-order chi connectivity index (χ1) is 7.66. The van der Waals surface area contributed by atoms with E-state index in [1.54, 1.807) is 0 Å². The molecule has 1 unspecified atom stereocenters. The van der Waals surface area contributed by atoms with Crippen molar-refractivity contribution >= 4 is 5.91 Å². The molecule has 1 fully saturated rings. The topological polar surface area (TPSA) is 32.3 Å². The van der Waals surface area contributed by atoms with E-state index >= 15 is 0 Å². The molecule has 1 amide bonds. The summed E-state index contributed by atoms with van der Waals surface area (Å²) in [4.78, 5) is 14.3. The molecule has 1 aliphatic rings. The molecule has 0 saturated carbocycles. The van der Waals surface area contributed by atoms with Crippen LogP contribution in [0, 0.1) is 0 Å². The van der Waals surface area contributed by atoms with E-state index in [9.17, 15) is 4.79 Å². The van der Waals surface area contributed by atoms with Gasteiger partial charge in [0.15, 0.2) is 0 Å². The first-order valence-electron chi connectivity index (χ1n) is 6.67. The second-order valence-corrected chi connectivity index (χ2v) is 4.94. The second-order valence-electron chi connectivity index (χ2n) is 4.94. The van der Waals surface area contributed by atoms with Crippen LogP contribution in [-0.2, 0) is 4.79 Å². The Balaban J connectivity index is 2.60. The molecule has 3 heteroatoms. The third-order valence-electron chi connectivity index (χ3n) is 3.52. The first kappa shape index (κ1) is 13.5. The lowest BCUT2D eigenvalue weighted by molar-refractivity contribution is -0.136. The summed E-state index contributed by atoms with van der Waals surface area (Å²) in [6.07, 6.45) is 6.43. The molecule has 1 heterocycles. The van der Waals surface area contributed by atoms with E-state index in [-0.39, 0.29) is 5.54 Å². The third-order valence-corrected chi connectivity index (χ3v) is 3.52. The molecule has 0 spiro atoms. The Kier molecular flexibility index (Phi) is 5.26. The van der Waals surface area contributed by atoms with Gasteiger partial charge < -0.3 is 10.2 Å². The Bertz CT molecular complexity index is 222. The Hall–Kier alpha value is -0.570. The fraction of sp³-hybridized carbons (Fsp3) is 0.923. The Labute approximate surface area is 99.6 Å². The van der Waals surface area contributed by atoms with Gasteiger partial charge in [-0.05, 0) is 32.2 Å². The smallest absolute Gasteiger partial charge is 0.242 e. The number of nitrogens with zero attached hydrogens (tertiary/aromatic N) is 1. The number of carbonyl (C=O) groups is 1. The first-order valence-corrected chi connectivity index (χ1v) is 6.67. The maximum Gasteiger partial charge on any atom is 0.242 e. The van der Waals surface area contributed by atoms with Gasteiger partial charge in [-0.15, -0.1) is 0 Å². The summed E-state index contributed by atoms with van der Waals surface area (Å²) in [5.41, 5.74) is -0.239. The highest BCUT2D eigenvalue weighted by atomic mass is 16.2. The fourth-order valence-electron chi connectivity index (χ4n) is 2.60. The molecule has 0 bridgehead atoms. The van der Waals surface area contributed by atoms with Gasteiger partial charge in [-0.2, -0.15) is 0 Å². The van der Waals surface area contributed by atoms with Crippen LogP contribution < -0.4 is 5.32 Å². The zero-order valence-electron chi connectivity index (χ0n) is 11.0. The minimum absolute atomic E-state index is 0.239. The quantitative estimate of drug-likeness (QED) is 0.753. The highest BCUT2D eigenvalue weighted by Crippen LogP contribution is 2.26. The summed E-state index contributed by atoms with van der Waals surface area (Å²) in [6.45, 7) is 6.20. The number of hydrogen-bond acceptors (Lipinski definition) is 2. The number of nitrogens with one attached hydrogen (secondary N) is 1. The SMILES string of the molecule is CCCCN(C)C(=O)C1(CCC)CCCN1. The number of likely N-dealkylation sites (N-methyl/N-ethyl adjacent to an activating group) is 1. The molecule has 3 nitrogen and oxygen atoms in total. The average molecular weight is 226 g/mol. The number of unbranched alkanes of at least 4 members (excludes halogenated alkanes) is 1. The third kappa shape index (κ3) is 2.97. The molecule has 1 atom stereocenters. The van der Waals surface area contributed by atoms with E-state index in [2.05, 4.69) is 19.2 Å². The highest BCUT2D eigenvalue weighted by Gasteiger charge is 2.41. The van der Waals surface area contributed by atoms with E-state index in [0.717, 1.165) is 51.6 Å². The largest absolute Gasteiger partial charge is 0.344 e. The summed E-state index contributed by atoms with van der Waals surface area (Å²) in [6, 6.07) is 0. The van der Waals surface area contributed by atoms with Crippen molar-refractivity contribution in [2.75, 3.05) is 20.1 Å². The van der Waals surface area contributed by atoms with Gasteiger partial charge in [-0.3, -0.25) is 4.79 Å². The van der Waals surface area contributed by atoms with Gasteiger partial charge >= 0.3 is 0 Å². The molecule has 1 N–H and O–H groups in total. The lowest BCUT2D eigenvalue weighted by Crippen LogP contribution is -2.54. The molecule has 0 aromatic carbocycles. The van der Waals surface area contributed by atoms with Crippen molar-refractivity contribution in [1.82, 2.24) is 10.2 Å². The van der Waals surface area contributed by atoms with E-state index in [4.69, 9.17) is 0 Å². The molecule has 94 valence electrons. The second kappa shape index (κ2) is 6.24. The van der Waals surface area contributed by atoms with E-state index in [0.29, 0.717) is 5.91 Å². The number of hydrogen-bond donors (Lipinski definition) is 1. The Morgan fingerprint density at radius 3 is 2.62 bits per heavy atom. The summed E-state index contributed by atoms with van der Waals surface area (Å²) in [7, 11) is 1.94. The van der Waals surface area contributed by atoms with Crippen LogP contribution in [0.1, 0.15) is 52.4 Å². The molecule has 0 aromatic heterocycles. The van der Waals surface area contributed by atoms with Gasteiger partial charge in [0.1, 0.15) is 0 Å². The van der Waals surface area contributed by atoms with Gasteiger partial charge in [-0.1, -0.05) is 26.7 Å². The van der Waals surface area contributed by atoms with Gasteiger partial charge in [0.2, 0.25) is 5.91 Å². The molecule has 0 aromatic rings. The van der Waals surface area contributed by atoms with Crippen LogP contribution in [0.4, 0.5) is 0 Å². The molecule has 1 saturated heterocycles. The maximum atomic E-state index is 12.4. The average Bonchev–Trinajstić information content (AvgIpc) is 2.75. The number of amides is 1. The lowest BCUT2D eigenvalue weighted by atomic mass is 9.90. The van der Waals surface area contributed by atoms with Crippen molar-refractivity contribution in [1.29, 1.82) is 0 Å². The zero-order chi connectivity index (χ0) is 12.0. The zero-order valence-corrected chi connectivity index (χ0v) is 11.0. The molecular formula is C13H26N2O. The molecule has 0 aliphatic carbocycles. The lowest BCUT2D eigenvalue weighted by Gasteiger charge is -2.32. The van der Waals surface area contributed by atoms with Gasteiger partial charge in [0.25, 0.3) is 0 Å². The summed E-state index contributed by atoms with van der Waals surface area (Å²) in [5, 5.41) is 3.44. The van der Waals surface area contributed by atoms with Crippen LogP contribution in [0.5, 0.6) is 0 Å². The van der Waals surface area contributed by atoms with E-state index in [1.165, 1.54) is 0 Å². The molecule has 1 aliphatic heterocycles. The summed E-state index contributed by atoms with van der Waals surface area (Å²) in [5.74, 6) is 0.306. The van der Waals surface area contributed by atoms with Crippen molar-refractivity contribution in [3.8, 4) is 0 Å². The normalized spacial score (nSPS) is 24.7. The van der Waals surface area contributed by atoms with Crippen molar-refractivity contribution < 1.29 is 4.79 Å². The van der Waals surface area contributed by atoms with Crippen LogP contribution in [0.3, 0.4) is 0 Å². The molecule has 0 radical (unpaired) electrons. The van der Waals surface area contributed by atoms with Gasteiger partial charge in [-0.25, -0.2) is 0 Å². The van der Waals surface area contributed by atoms with Crippen molar-refractivity contribution in [3.05, 3.63) is 0 Å². The van der Waals surface area contributed by atoms with Crippen molar-refractivity contribution in [2.45, 2.75) is 57.9 Å². The van der Waals surface area contributed by atoms with Crippen LogP contribution in [0.25, 0.3) is 0 Å². The molecular weight excluding hydrogens is 200 g/mol. The summed E-state index contributed by atoms with van der Waals surface area (Å²) >= 11 is 0. The molecule has 1 rings (SSSR count). The van der Waals surface area contributed by atoms with Crippen molar-refractivity contribution in [3.63, 3.8) is 0 Å². The van der Waals surface area contributed by atoms with Gasteiger partial charge in [0.05, 0.1) is 5.54 Å². The van der Waals surface area contributed by atoms with E-state index in [1.807, 2.05) is 11.9 Å². The Morgan fingerprint density at radius 1 is 1.38 bits per heavy atom. The highest BCUT2D eigenvalue weighted by molar-refractivity contribution is 5.86. The summed E-state index contributed by atoms with van der Waals surface area (Å²) < 4.78 is 0. The fourth-order valence-corrected chi connectivity index (χ4v) is 2.60. The maximum absolute atomic E-state index is 12.4. The predicted octanol–water partition coefficient (Wildman–Crippen LogP) is 2.17. The Morgan fingerprint density at radius 2 is 2.12 bits per heavy atom. The molecule has 16 heavy (non-hydrogen) atoms. The number of rotatable bonds is 6.